The maximum Gasteiger partial charge on any atom is 0.694 e. The van der Waals surface area contributed by atoms with E-state index in [0.29, 0.717) is 11.1 Å². The van der Waals surface area contributed by atoms with Crippen LogP contribution in [0.25, 0.3) is 0 Å². The Morgan fingerprint density at radius 2 is 1.74 bits per heavy atom. The van der Waals surface area contributed by atoms with Gasteiger partial charge in [-0.3, -0.25) is 9.36 Å². The van der Waals surface area contributed by atoms with Crippen LogP contribution in [0.5, 0.6) is 0 Å². The van der Waals surface area contributed by atoms with Crippen molar-refractivity contribution in [2.24, 2.45) is 0 Å². The third kappa shape index (κ3) is 6.40. The fourth-order valence-corrected chi connectivity index (χ4v) is 5.42. The summed E-state index contributed by atoms with van der Waals surface area (Å²) in [5.41, 5.74) is 0.195. The lowest BCUT2D eigenvalue weighted by Gasteiger charge is -2.16. The summed E-state index contributed by atoms with van der Waals surface area (Å²) in [5.74, 6) is -0.833. The number of anilines is 1. The number of carbonyl (C=O) groups is 2. The lowest BCUT2D eigenvalue weighted by atomic mass is 10.1. The molecule has 1 saturated heterocycles. The maximum atomic E-state index is 12.7. The van der Waals surface area contributed by atoms with Gasteiger partial charge < -0.3 is 10.1 Å². The Bertz CT molecular complexity index is 1270. The van der Waals surface area contributed by atoms with Crippen molar-refractivity contribution >= 4 is 37.7 Å². The molecule has 10 nitrogen and oxygen atoms in total. The van der Waals surface area contributed by atoms with E-state index in [0.717, 1.165) is 0 Å². The van der Waals surface area contributed by atoms with E-state index in [1.807, 2.05) is 0 Å². The van der Waals surface area contributed by atoms with Crippen LogP contribution in [0.1, 0.15) is 32.5 Å². The summed E-state index contributed by atoms with van der Waals surface area (Å²) in [6.45, 7) is -0.146. The van der Waals surface area contributed by atoms with Crippen molar-refractivity contribution in [1.82, 2.24) is 9.55 Å². The average molecular weight is 514 g/mol. The second-order valence-electron chi connectivity index (χ2n) is 7.53. The lowest BCUT2D eigenvalue weighted by molar-refractivity contribution is 0.0261. The van der Waals surface area contributed by atoms with Gasteiger partial charge in [-0.05, 0) is 30.3 Å². The van der Waals surface area contributed by atoms with E-state index in [2.05, 4.69) is 10.3 Å². The van der Waals surface area contributed by atoms with Crippen molar-refractivity contribution in [3.8, 4) is 0 Å². The van der Waals surface area contributed by atoms with Crippen molar-refractivity contribution in [1.29, 1.82) is 0 Å². The van der Waals surface area contributed by atoms with Gasteiger partial charge >= 0.3 is 19.9 Å². The third-order valence-corrected chi connectivity index (χ3v) is 7.11. The Labute approximate surface area is 205 Å². The van der Waals surface area contributed by atoms with E-state index in [1.54, 1.807) is 60.7 Å². The second kappa shape index (κ2) is 11.4. The molecule has 0 radical (unpaired) electrons. The predicted octanol–water partition coefficient (Wildman–Crippen LogP) is 3.39. The number of hydrogen-bond acceptors (Lipinski definition) is 8. The summed E-state index contributed by atoms with van der Waals surface area (Å²) < 4.78 is 22.9. The first-order valence-corrected chi connectivity index (χ1v) is 12.6. The standard InChI is InChI=1S/C23H20N3O7PS/c27-21(15-7-3-1-4-8-15)24-19-11-12-26(23(29)25-19)20-13-17(18(35-20)14-32-34(30)31)33-22(28)16-9-5-2-6-10-16/h1-12,17-18,20H,13-14H2,(H-,24,25,27,29,30,31)/p+1/t17-,18-,20?/m1/s1. The van der Waals surface area contributed by atoms with Crippen molar-refractivity contribution in [2.45, 2.75) is 23.1 Å². The number of ether oxygens (including phenoxy) is 1. The first-order valence-electron chi connectivity index (χ1n) is 10.6. The summed E-state index contributed by atoms with van der Waals surface area (Å²) >= 11 is 1.28. The van der Waals surface area contributed by atoms with E-state index < -0.39 is 42.5 Å². The Hall–Kier alpha value is -3.37. The number of thioether (sulfide) groups is 1. The zero-order chi connectivity index (χ0) is 24.8. The number of amides is 1. The van der Waals surface area contributed by atoms with Crippen LogP contribution < -0.4 is 11.0 Å². The molecule has 2 N–H and O–H groups in total. The molecule has 1 fully saturated rings. The van der Waals surface area contributed by atoms with Crippen LogP contribution in [0, 0.1) is 0 Å². The van der Waals surface area contributed by atoms with Crippen molar-refractivity contribution in [3.63, 3.8) is 0 Å². The molecule has 1 aliphatic heterocycles. The van der Waals surface area contributed by atoms with E-state index in [-0.39, 0.29) is 18.8 Å². The van der Waals surface area contributed by atoms with Crippen LogP contribution in [0.2, 0.25) is 0 Å². The summed E-state index contributed by atoms with van der Waals surface area (Å²) in [6, 6.07) is 18.5. The highest BCUT2D eigenvalue weighted by Crippen LogP contribution is 2.43. The zero-order valence-corrected chi connectivity index (χ0v) is 19.9. The zero-order valence-electron chi connectivity index (χ0n) is 18.2. The molecule has 12 heteroatoms. The fraction of sp³-hybridized carbons (Fsp3) is 0.217. The molecule has 3 aromatic rings. The third-order valence-electron chi connectivity index (χ3n) is 5.22. The molecule has 1 amide bonds. The number of nitrogens with zero attached hydrogens (tertiary/aromatic N) is 2. The summed E-state index contributed by atoms with van der Waals surface area (Å²) in [7, 11) is -2.83. The fourth-order valence-electron chi connectivity index (χ4n) is 3.54. The van der Waals surface area contributed by atoms with Gasteiger partial charge in [-0.15, -0.1) is 21.2 Å². The lowest BCUT2D eigenvalue weighted by Crippen LogP contribution is -2.29. The minimum absolute atomic E-state index is 0.104. The van der Waals surface area contributed by atoms with E-state index in [1.165, 1.54) is 28.6 Å². The van der Waals surface area contributed by atoms with E-state index in [4.69, 9.17) is 14.2 Å². The van der Waals surface area contributed by atoms with Gasteiger partial charge in [-0.2, -0.15) is 4.98 Å². The average Bonchev–Trinajstić information content (AvgIpc) is 3.26. The molecule has 1 aromatic heterocycles. The number of hydrogen-bond donors (Lipinski definition) is 2. The SMILES string of the molecule is O=C(Nc1ccn(C2C[C@@H](OC(=O)c3ccccc3)[C@@H](CO[P+](=O)O)S2)c(=O)n1)c1ccccc1. The number of rotatable bonds is 8. The Kier molecular flexibility index (Phi) is 8.04. The van der Waals surface area contributed by atoms with Crippen LogP contribution in [0.4, 0.5) is 5.82 Å². The second-order valence-corrected chi connectivity index (χ2v) is 9.69. The monoisotopic (exact) mass is 514 g/mol. The topological polar surface area (TPSA) is 137 Å². The van der Waals surface area contributed by atoms with Crippen molar-refractivity contribution < 1.29 is 28.3 Å². The normalized spacial score (nSPS) is 19.7. The molecule has 0 aliphatic carbocycles. The molecule has 0 bridgehead atoms. The largest absolute Gasteiger partial charge is 0.694 e. The molecule has 1 aliphatic rings. The van der Waals surface area contributed by atoms with Crippen LogP contribution in [0.3, 0.4) is 0 Å². The molecule has 35 heavy (non-hydrogen) atoms. The highest BCUT2D eigenvalue weighted by atomic mass is 32.2. The molecule has 0 spiro atoms. The quantitative estimate of drug-likeness (QED) is 0.342. The molecule has 0 saturated carbocycles. The predicted molar refractivity (Wildman–Crippen MR) is 129 cm³/mol. The number of carbonyl (C=O) groups excluding carboxylic acids is 2. The van der Waals surface area contributed by atoms with Gasteiger partial charge in [-0.1, -0.05) is 36.4 Å². The molecule has 180 valence electrons. The molecule has 4 atom stereocenters. The number of aromatic nitrogens is 2. The van der Waals surface area contributed by atoms with Crippen LogP contribution >= 0.6 is 20.0 Å². The molecular weight excluding hydrogens is 493 g/mol. The van der Waals surface area contributed by atoms with Gasteiger partial charge in [0.2, 0.25) is 0 Å². The van der Waals surface area contributed by atoms with Gasteiger partial charge in [0.05, 0.1) is 16.2 Å². The minimum atomic E-state index is -2.83. The van der Waals surface area contributed by atoms with Crippen LogP contribution in [-0.4, -0.2) is 44.3 Å². The summed E-state index contributed by atoms with van der Waals surface area (Å²) in [4.78, 5) is 50.6. The summed E-state index contributed by atoms with van der Waals surface area (Å²) in [5, 5.41) is 1.64. The molecular formula is C23H21N3O7PS+. The molecule has 2 aromatic carbocycles. The molecule has 2 unspecified atom stereocenters. The molecule has 4 rings (SSSR count). The summed E-state index contributed by atoms with van der Waals surface area (Å²) in [6.07, 6.45) is 1.09. The first kappa shape index (κ1) is 24.7. The number of esters is 1. The van der Waals surface area contributed by atoms with Crippen molar-refractivity contribution in [2.75, 3.05) is 11.9 Å². The number of nitrogens with one attached hydrogen (secondary N) is 1. The van der Waals surface area contributed by atoms with Gasteiger partial charge in [0.25, 0.3) is 5.91 Å². The Morgan fingerprint density at radius 1 is 1.09 bits per heavy atom. The van der Waals surface area contributed by atoms with Crippen molar-refractivity contribution in [3.05, 3.63) is 94.5 Å². The van der Waals surface area contributed by atoms with Gasteiger partial charge in [0, 0.05) is 22.7 Å². The van der Waals surface area contributed by atoms with Crippen LogP contribution in [0.15, 0.2) is 77.7 Å². The molecule has 2 heterocycles. The van der Waals surface area contributed by atoms with Gasteiger partial charge in [-0.25, -0.2) is 9.59 Å². The maximum absolute atomic E-state index is 12.7. The Morgan fingerprint density at radius 3 is 2.37 bits per heavy atom. The van der Waals surface area contributed by atoms with E-state index >= 15 is 0 Å². The van der Waals surface area contributed by atoms with Gasteiger partial charge in [0.1, 0.15) is 18.5 Å². The van der Waals surface area contributed by atoms with E-state index in [9.17, 15) is 18.9 Å². The first-order chi connectivity index (χ1) is 16.9. The minimum Gasteiger partial charge on any atom is -0.457 e. The van der Waals surface area contributed by atoms with Gasteiger partial charge in [0.15, 0.2) is 0 Å². The van der Waals surface area contributed by atoms with Crippen LogP contribution in [-0.2, 0) is 13.8 Å². The Balaban J connectivity index is 1.48. The highest BCUT2D eigenvalue weighted by molar-refractivity contribution is 8.00. The highest BCUT2D eigenvalue weighted by Gasteiger charge is 2.41. The smallest absolute Gasteiger partial charge is 0.457 e. The number of benzene rings is 2.